The third-order valence-corrected chi connectivity index (χ3v) is 2.41. The molecule has 0 saturated heterocycles. The highest BCUT2D eigenvalue weighted by Crippen LogP contribution is 2.17. The molecule has 1 unspecified atom stereocenters. The van der Waals surface area contributed by atoms with Gasteiger partial charge in [0.1, 0.15) is 5.82 Å². The van der Waals surface area contributed by atoms with E-state index in [1.807, 2.05) is 4.90 Å². The van der Waals surface area contributed by atoms with E-state index in [0.717, 1.165) is 6.07 Å². The molecular weight excluding hydrogens is 237 g/mol. The van der Waals surface area contributed by atoms with Crippen LogP contribution in [0.1, 0.15) is 12.5 Å². The summed E-state index contributed by atoms with van der Waals surface area (Å²) < 4.78 is 13.2. The van der Waals surface area contributed by atoms with E-state index in [1.165, 1.54) is 12.1 Å². The summed E-state index contributed by atoms with van der Waals surface area (Å²) in [4.78, 5) is 11.8. The second-order valence-electron chi connectivity index (χ2n) is 4.30. The average Bonchev–Trinajstić information content (AvgIpc) is 2.27. The van der Waals surface area contributed by atoms with Crippen LogP contribution in [-0.2, 0) is 6.54 Å². The Balaban J connectivity index is 2.78. The Morgan fingerprint density at radius 1 is 1.56 bits per heavy atom. The first kappa shape index (κ1) is 14.1. The number of non-ortho nitro benzene ring substituents is 1. The maximum absolute atomic E-state index is 13.2. The van der Waals surface area contributed by atoms with Crippen LogP contribution >= 0.6 is 0 Å². The maximum Gasteiger partial charge on any atom is 0.272 e. The number of nitrogens with zero attached hydrogens (tertiary/aromatic N) is 3. The fraction of sp³-hybridized carbons (Fsp3) is 0.417. The Hall–Kier alpha value is -2.00. The van der Waals surface area contributed by atoms with Crippen molar-refractivity contribution in [3.63, 3.8) is 0 Å². The van der Waals surface area contributed by atoms with Gasteiger partial charge < -0.3 is 4.90 Å². The third kappa shape index (κ3) is 4.11. The number of benzene rings is 1. The van der Waals surface area contributed by atoms with Crippen LogP contribution in [0.15, 0.2) is 18.2 Å². The molecule has 0 saturated carbocycles. The van der Waals surface area contributed by atoms with Crippen molar-refractivity contribution in [2.45, 2.75) is 13.5 Å². The van der Waals surface area contributed by atoms with Crippen LogP contribution < -0.4 is 0 Å². The Bertz CT molecular complexity index is 485. The first-order chi connectivity index (χ1) is 8.42. The van der Waals surface area contributed by atoms with Crippen LogP contribution in [0.5, 0.6) is 0 Å². The Morgan fingerprint density at radius 2 is 2.22 bits per heavy atom. The van der Waals surface area contributed by atoms with Crippen LogP contribution in [0, 0.1) is 33.2 Å². The van der Waals surface area contributed by atoms with E-state index in [0.29, 0.717) is 18.7 Å². The molecule has 1 rings (SSSR count). The lowest BCUT2D eigenvalue weighted by Gasteiger charge is -2.17. The van der Waals surface area contributed by atoms with Crippen molar-refractivity contribution in [1.29, 1.82) is 5.26 Å². The molecule has 0 heterocycles. The molecule has 0 radical (unpaired) electrons. The Kier molecular flexibility index (Phi) is 4.75. The number of nitro benzene ring substituents is 1. The van der Waals surface area contributed by atoms with Crippen LogP contribution in [-0.4, -0.2) is 23.4 Å². The zero-order valence-electron chi connectivity index (χ0n) is 10.3. The summed E-state index contributed by atoms with van der Waals surface area (Å²) in [6, 6.07) is 5.60. The standard InChI is InChI=1S/C12H14FN3O2/c1-9(6-14)7-15(2)8-10-3-11(13)5-12(4-10)16(17)18/h3-5,9H,7-8H2,1-2H3. The average molecular weight is 251 g/mol. The lowest BCUT2D eigenvalue weighted by Crippen LogP contribution is -2.23. The van der Waals surface area contributed by atoms with Crippen LogP contribution in [0.25, 0.3) is 0 Å². The molecule has 0 aliphatic carbocycles. The van der Waals surface area contributed by atoms with E-state index in [-0.39, 0.29) is 11.6 Å². The Labute approximate surface area is 105 Å². The monoisotopic (exact) mass is 251 g/mol. The van der Waals surface area contributed by atoms with Gasteiger partial charge in [-0.05, 0) is 25.6 Å². The van der Waals surface area contributed by atoms with Crippen molar-refractivity contribution in [1.82, 2.24) is 4.90 Å². The van der Waals surface area contributed by atoms with Crippen molar-refractivity contribution in [2.75, 3.05) is 13.6 Å². The topological polar surface area (TPSA) is 70.2 Å². The summed E-state index contributed by atoms with van der Waals surface area (Å²) >= 11 is 0. The van der Waals surface area contributed by atoms with Gasteiger partial charge in [0, 0.05) is 19.2 Å². The highest BCUT2D eigenvalue weighted by atomic mass is 19.1. The summed E-state index contributed by atoms with van der Waals surface area (Å²) in [5.74, 6) is -0.764. The molecule has 0 N–H and O–H groups in total. The minimum absolute atomic E-state index is 0.140. The van der Waals surface area contributed by atoms with Gasteiger partial charge in [-0.3, -0.25) is 10.1 Å². The summed E-state index contributed by atoms with van der Waals surface area (Å²) in [6.07, 6.45) is 0. The number of hydrogen-bond donors (Lipinski definition) is 0. The predicted molar refractivity (Wildman–Crippen MR) is 64.2 cm³/mol. The highest BCUT2D eigenvalue weighted by molar-refractivity contribution is 5.35. The smallest absolute Gasteiger partial charge is 0.272 e. The van der Waals surface area contributed by atoms with E-state index < -0.39 is 10.7 Å². The third-order valence-electron chi connectivity index (χ3n) is 2.41. The largest absolute Gasteiger partial charge is 0.301 e. The lowest BCUT2D eigenvalue weighted by molar-refractivity contribution is -0.385. The van der Waals surface area contributed by atoms with E-state index in [9.17, 15) is 14.5 Å². The molecule has 6 heteroatoms. The quantitative estimate of drug-likeness (QED) is 0.594. The molecule has 96 valence electrons. The number of hydrogen-bond acceptors (Lipinski definition) is 4. The predicted octanol–water partition coefficient (Wildman–Crippen LogP) is 2.33. The zero-order chi connectivity index (χ0) is 13.7. The summed E-state index contributed by atoms with van der Waals surface area (Å²) in [6.45, 7) is 2.68. The van der Waals surface area contributed by atoms with Crippen LogP contribution in [0.4, 0.5) is 10.1 Å². The molecule has 5 nitrogen and oxygen atoms in total. The number of nitriles is 1. The minimum atomic E-state index is -0.624. The molecule has 18 heavy (non-hydrogen) atoms. The second-order valence-corrected chi connectivity index (χ2v) is 4.30. The van der Waals surface area contributed by atoms with Crippen molar-refractivity contribution in [2.24, 2.45) is 5.92 Å². The van der Waals surface area contributed by atoms with E-state index in [4.69, 9.17) is 5.26 Å². The van der Waals surface area contributed by atoms with Crippen molar-refractivity contribution >= 4 is 5.69 Å². The van der Waals surface area contributed by atoms with Crippen molar-refractivity contribution < 1.29 is 9.31 Å². The molecule has 0 bridgehead atoms. The normalized spacial score (nSPS) is 12.2. The minimum Gasteiger partial charge on any atom is -0.301 e. The fourth-order valence-electron chi connectivity index (χ4n) is 1.71. The van der Waals surface area contributed by atoms with Gasteiger partial charge in [0.25, 0.3) is 5.69 Å². The fourth-order valence-corrected chi connectivity index (χ4v) is 1.71. The zero-order valence-corrected chi connectivity index (χ0v) is 10.3. The molecule has 0 aliphatic heterocycles. The van der Waals surface area contributed by atoms with Gasteiger partial charge in [0.15, 0.2) is 0 Å². The molecule has 0 amide bonds. The van der Waals surface area contributed by atoms with Gasteiger partial charge in [0.05, 0.1) is 23.0 Å². The highest BCUT2D eigenvalue weighted by Gasteiger charge is 2.12. The molecule has 1 aromatic rings. The summed E-state index contributed by atoms with van der Waals surface area (Å²) in [5, 5.41) is 19.3. The van der Waals surface area contributed by atoms with Gasteiger partial charge in [-0.2, -0.15) is 5.26 Å². The number of nitro groups is 1. The van der Waals surface area contributed by atoms with Crippen molar-refractivity contribution in [3.8, 4) is 6.07 Å². The van der Waals surface area contributed by atoms with Gasteiger partial charge in [-0.1, -0.05) is 0 Å². The van der Waals surface area contributed by atoms with Gasteiger partial charge in [-0.15, -0.1) is 0 Å². The van der Waals surface area contributed by atoms with Gasteiger partial charge >= 0.3 is 0 Å². The first-order valence-corrected chi connectivity index (χ1v) is 5.44. The maximum atomic E-state index is 13.2. The molecule has 0 spiro atoms. The van der Waals surface area contributed by atoms with Crippen LogP contribution in [0.3, 0.4) is 0 Å². The van der Waals surface area contributed by atoms with E-state index in [1.54, 1.807) is 14.0 Å². The molecular formula is C12H14FN3O2. The SMILES string of the molecule is CC(C#N)CN(C)Cc1cc(F)cc([N+](=O)[O-])c1. The van der Waals surface area contributed by atoms with Gasteiger partial charge in [0.2, 0.25) is 0 Å². The lowest BCUT2D eigenvalue weighted by atomic mass is 10.1. The molecule has 0 fully saturated rings. The van der Waals surface area contributed by atoms with Gasteiger partial charge in [-0.25, -0.2) is 4.39 Å². The molecule has 0 aliphatic rings. The second kappa shape index (κ2) is 6.07. The van der Waals surface area contributed by atoms with Crippen LogP contribution in [0.2, 0.25) is 0 Å². The number of halogens is 1. The summed E-state index contributed by atoms with van der Waals surface area (Å²) in [5.41, 5.74) is 0.265. The molecule has 1 atom stereocenters. The molecule has 1 aromatic carbocycles. The number of rotatable bonds is 5. The van der Waals surface area contributed by atoms with E-state index in [2.05, 4.69) is 6.07 Å². The first-order valence-electron chi connectivity index (χ1n) is 5.44. The Morgan fingerprint density at radius 3 is 2.78 bits per heavy atom. The summed E-state index contributed by atoms with van der Waals surface area (Å²) in [7, 11) is 1.78. The molecule has 0 aromatic heterocycles. The van der Waals surface area contributed by atoms with Crippen molar-refractivity contribution in [3.05, 3.63) is 39.7 Å². The van der Waals surface area contributed by atoms with E-state index >= 15 is 0 Å².